The fourth-order valence-corrected chi connectivity index (χ4v) is 1.99. The monoisotopic (exact) mass is 318 g/mol. The van der Waals surface area contributed by atoms with E-state index in [9.17, 15) is 9.90 Å². The summed E-state index contributed by atoms with van der Waals surface area (Å²) in [4.78, 5) is 16.2. The maximum atomic E-state index is 12.0. The Morgan fingerprint density at radius 2 is 2.27 bits per heavy atom. The lowest BCUT2D eigenvalue weighted by Crippen LogP contribution is -2.23. The van der Waals surface area contributed by atoms with Crippen LogP contribution in [0.25, 0.3) is 11.6 Å². The standard InChI is InChI=1S/C14H11ClN4O3/c15-9-6-8(3-4-10(9)20)14(21)16-7-12-17-13(19-18-12)11-2-1-5-22-11/h1-6,20H,7H2,(H,16,21)(H,17,18,19). The van der Waals surface area contributed by atoms with Gasteiger partial charge in [0.15, 0.2) is 5.76 Å². The SMILES string of the molecule is O=C(NCc1nc(-c2ccco2)n[nH]1)c1ccc(O)c(Cl)c1. The van der Waals surface area contributed by atoms with Crippen LogP contribution in [0, 0.1) is 0 Å². The Hall–Kier alpha value is -2.80. The molecular weight excluding hydrogens is 308 g/mol. The van der Waals surface area contributed by atoms with Gasteiger partial charge in [-0.2, -0.15) is 0 Å². The molecule has 0 spiro atoms. The molecule has 0 bridgehead atoms. The number of phenolic OH excluding ortho intramolecular Hbond substituents is 1. The fraction of sp³-hybridized carbons (Fsp3) is 0.0714. The molecule has 3 rings (SSSR count). The van der Waals surface area contributed by atoms with Gasteiger partial charge >= 0.3 is 0 Å². The number of benzene rings is 1. The van der Waals surface area contributed by atoms with Crippen LogP contribution in [0.3, 0.4) is 0 Å². The number of aromatic hydroxyl groups is 1. The average molecular weight is 319 g/mol. The molecule has 112 valence electrons. The molecule has 0 aliphatic carbocycles. The lowest BCUT2D eigenvalue weighted by molar-refractivity contribution is 0.0950. The van der Waals surface area contributed by atoms with E-state index in [0.717, 1.165) is 0 Å². The molecule has 0 aliphatic heterocycles. The molecule has 1 amide bonds. The van der Waals surface area contributed by atoms with Crippen molar-refractivity contribution in [3.63, 3.8) is 0 Å². The molecule has 3 N–H and O–H groups in total. The molecule has 3 aromatic rings. The number of carbonyl (C=O) groups excluding carboxylic acids is 1. The van der Waals surface area contributed by atoms with Crippen molar-refractivity contribution in [1.29, 1.82) is 0 Å². The number of nitrogens with one attached hydrogen (secondary N) is 2. The average Bonchev–Trinajstić information content (AvgIpc) is 3.18. The largest absolute Gasteiger partial charge is 0.506 e. The first-order valence-electron chi connectivity index (χ1n) is 6.35. The number of rotatable bonds is 4. The zero-order chi connectivity index (χ0) is 15.5. The Morgan fingerprint density at radius 3 is 3.00 bits per heavy atom. The van der Waals surface area contributed by atoms with Crippen molar-refractivity contribution < 1.29 is 14.3 Å². The van der Waals surface area contributed by atoms with Crippen molar-refractivity contribution >= 4 is 17.5 Å². The Kier molecular flexibility index (Phi) is 3.80. The third-order valence-corrected chi connectivity index (χ3v) is 3.20. The van der Waals surface area contributed by atoms with Gasteiger partial charge < -0.3 is 14.8 Å². The highest BCUT2D eigenvalue weighted by atomic mass is 35.5. The predicted molar refractivity (Wildman–Crippen MR) is 78.4 cm³/mol. The molecule has 7 nitrogen and oxygen atoms in total. The molecule has 0 aliphatic rings. The van der Waals surface area contributed by atoms with E-state index >= 15 is 0 Å². The summed E-state index contributed by atoms with van der Waals surface area (Å²) in [5.41, 5.74) is 0.341. The van der Waals surface area contributed by atoms with Crippen molar-refractivity contribution in [2.75, 3.05) is 0 Å². The van der Waals surface area contributed by atoms with E-state index in [-0.39, 0.29) is 23.2 Å². The minimum Gasteiger partial charge on any atom is -0.506 e. The van der Waals surface area contributed by atoms with Crippen LogP contribution < -0.4 is 5.32 Å². The van der Waals surface area contributed by atoms with Gasteiger partial charge in [0.05, 0.1) is 17.8 Å². The van der Waals surface area contributed by atoms with Gasteiger partial charge in [0, 0.05) is 5.56 Å². The molecular formula is C14H11ClN4O3. The number of H-pyrrole nitrogens is 1. The first-order valence-corrected chi connectivity index (χ1v) is 6.73. The van der Waals surface area contributed by atoms with Crippen molar-refractivity contribution in [2.45, 2.75) is 6.54 Å². The second kappa shape index (κ2) is 5.90. The van der Waals surface area contributed by atoms with E-state index in [1.165, 1.54) is 24.5 Å². The molecule has 22 heavy (non-hydrogen) atoms. The van der Waals surface area contributed by atoms with Gasteiger partial charge in [0.2, 0.25) is 5.82 Å². The summed E-state index contributed by atoms with van der Waals surface area (Å²) >= 11 is 5.77. The number of amides is 1. The van der Waals surface area contributed by atoms with Crippen LogP contribution >= 0.6 is 11.6 Å². The fourth-order valence-electron chi connectivity index (χ4n) is 1.80. The number of hydrogen-bond acceptors (Lipinski definition) is 5. The maximum Gasteiger partial charge on any atom is 0.251 e. The van der Waals surface area contributed by atoms with Crippen LogP contribution in [0.1, 0.15) is 16.2 Å². The normalized spacial score (nSPS) is 10.6. The summed E-state index contributed by atoms with van der Waals surface area (Å²) in [7, 11) is 0. The van der Waals surface area contributed by atoms with E-state index in [4.69, 9.17) is 16.0 Å². The third-order valence-electron chi connectivity index (χ3n) is 2.90. The van der Waals surface area contributed by atoms with Crippen LogP contribution in [-0.2, 0) is 6.54 Å². The lowest BCUT2D eigenvalue weighted by atomic mass is 10.2. The quantitative estimate of drug-likeness (QED) is 0.685. The second-order valence-electron chi connectivity index (χ2n) is 4.43. The molecule has 0 fully saturated rings. The Morgan fingerprint density at radius 1 is 1.41 bits per heavy atom. The first kappa shape index (κ1) is 14.2. The molecule has 0 saturated carbocycles. The number of carbonyl (C=O) groups is 1. The number of furan rings is 1. The maximum absolute atomic E-state index is 12.0. The Bertz CT molecular complexity index is 798. The van der Waals surface area contributed by atoms with Crippen LogP contribution in [0.15, 0.2) is 41.0 Å². The van der Waals surface area contributed by atoms with E-state index in [1.807, 2.05) is 0 Å². The van der Waals surface area contributed by atoms with Crippen molar-refractivity contribution in [2.24, 2.45) is 0 Å². The number of phenols is 1. The van der Waals surface area contributed by atoms with Crippen molar-refractivity contribution in [3.05, 3.63) is 53.0 Å². The molecule has 1 aromatic carbocycles. The van der Waals surface area contributed by atoms with E-state index in [0.29, 0.717) is 23.0 Å². The highest BCUT2D eigenvalue weighted by Crippen LogP contribution is 2.23. The van der Waals surface area contributed by atoms with Gasteiger partial charge in [-0.3, -0.25) is 9.89 Å². The topological polar surface area (TPSA) is 104 Å². The van der Waals surface area contributed by atoms with Gasteiger partial charge in [0.25, 0.3) is 5.91 Å². The highest BCUT2D eigenvalue weighted by Gasteiger charge is 2.11. The molecule has 0 unspecified atom stereocenters. The second-order valence-corrected chi connectivity index (χ2v) is 4.84. The molecule has 0 atom stereocenters. The minimum absolute atomic E-state index is 0.0726. The molecule has 0 saturated heterocycles. The molecule has 2 aromatic heterocycles. The Labute approximate surface area is 129 Å². The van der Waals surface area contributed by atoms with Crippen molar-refractivity contribution in [1.82, 2.24) is 20.5 Å². The third kappa shape index (κ3) is 2.94. The summed E-state index contributed by atoms with van der Waals surface area (Å²) in [6, 6.07) is 7.71. The minimum atomic E-state index is -0.335. The van der Waals surface area contributed by atoms with Crippen LogP contribution in [0.4, 0.5) is 0 Å². The number of aromatic amines is 1. The number of aromatic nitrogens is 3. The zero-order valence-corrected chi connectivity index (χ0v) is 12.0. The predicted octanol–water partition coefficient (Wildman–Crippen LogP) is 2.35. The van der Waals surface area contributed by atoms with Crippen LogP contribution in [0.5, 0.6) is 5.75 Å². The van der Waals surface area contributed by atoms with E-state index in [1.54, 1.807) is 12.1 Å². The zero-order valence-electron chi connectivity index (χ0n) is 11.2. The summed E-state index contributed by atoms with van der Waals surface area (Å²) < 4.78 is 5.18. The Balaban J connectivity index is 1.65. The van der Waals surface area contributed by atoms with Gasteiger partial charge in [-0.05, 0) is 30.3 Å². The van der Waals surface area contributed by atoms with Crippen LogP contribution in [0.2, 0.25) is 5.02 Å². The lowest BCUT2D eigenvalue weighted by Gasteiger charge is -2.04. The first-order chi connectivity index (χ1) is 10.6. The smallest absolute Gasteiger partial charge is 0.251 e. The highest BCUT2D eigenvalue weighted by molar-refractivity contribution is 6.32. The molecule has 0 radical (unpaired) electrons. The van der Waals surface area contributed by atoms with Crippen LogP contribution in [-0.4, -0.2) is 26.2 Å². The number of hydrogen-bond donors (Lipinski definition) is 3. The summed E-state index contributed by atoms with van der Waals surface area (Å²) in [5, 5.41) is 18.8. The summed E-state index contributed by atoms with van der Waals surface area (Å²) in [6.07, 6.45) is 1.53. The number of nitrogens with zero attached hydrogens (tertiary/aromatic N) is 2. The van der Waals surface area contributed by atoms with E-state index < -0.39 is 0 Å². The van der Waals surface area contributed by atoms with Gasteiger partial charge in [-0.15, -0.1) is 5.10 Å². The summed E-state index contributed by atoms with van der Waals surface area (Å²) in [5.74, 6) is 1.04. The molecule has 2 heterocycles. The summed E-state index contributed by atoms with van der Waals surface area (Å²) in [6.45, 7) is 0.172. The van der Waals surface area contributed by atoms with Gasteiger partial charge in [-0.1, -0.05) is 11.6 Å². The van der Waals surface area contributed by atoms with E-state index in [2.05, 4.69) is 20.5 Å². The van der Waals surface area contributed by atoms with Gasteiger partial charge in [0.1, 0.15) is 11.6 Å². The van der Waals surface area contributed by atoms with Crippen molar-refractivity contribution in [3.8, 4) is 17.3 Å². The molecule has 8 heteroatoms. The van der Waals surface area contributed by atoms with Gasteiger partial charge in [-0.25, -0.2) is 4.98 Å². The number of halogens is 1.